The summed E-state index contributed by atoms with van der Waals surface area (Å²) in [6, 6.07) is 22.3. The summed E-state index contributed by atoms with van der Waals surface area (Å²) in [4.78, 5) is 39.5. The normalized spacial score (nSPS) is 14.9. The molecule has 1 saturated heterocycles. The molecular weight excluding hydrogens is 483 g/mol. The van der Waals surface area contributed by atoms with E-state index in [0.717, 1.165) is 15.7 Å². The van der Waals surface area contributed by atoms with Crippen molar-refractivity contribution in [1.82, 2.24) is 5.32 Å². The zero-order valence-electron chi connectivity index (χ0n) is 18.7. The van der Waals surface area contributed by atoms with Gasteiger partial charge in [-0.3, -0.25) is 14.9 Å². The second-order valence-corrected chi connectivity index (χ2v) is 8.49. The Balaban J connectivity index is 1.58. The van der Waals surface area contributed by atoms with Gasteiger partial charge in [-0.05, 0) is 64.9 Å². The van der Waals surface area contributed by atoms with E-state index in [1.165, 1.54) is 30.3 Å². The number of carbonyl (C=O) groups excluding carboxylic acids is 3. The topological polar surface area (TPSA) is 75.7 Å². The summed E-state index contributed by atoms with van der Waals surface area (Å²) >= 11 is 5.93. The van der Waals surface area contributed by atoms with Gasteiger partial charge in [-0.25, -0.2) is 14.1 Å². The van der Waals surface area contributed by atoms with Gasteiger partial charge < -0.3 is 4.74 Å². The number of rotatable bonds is 5. The number of barbiturate groups is 1. The van der Waals surface area contributed by atoms with Gasteiger partial charge in [-0.15, -0.1) is 0 Å². The van der Waals surface area contributed by atoms with Crippen molar-refractivity contribution in [3.63, 3.8) is 0 Å². The molecule has 1 heterocycles. The van der Waals surface area contributed by atoms with Gasteiger partial charge in [-0.1, -0.05) is 54.1 Å². The maximum absolute atomic E-state index is 13.6. The number of nitrogens with zero attached hydrogens (tertiary/aromatic N) is 1. The van der Waals surface area contributed by atoms with Crippen LogP contribution in [-0.4, -0.2) is 17.8 Å². The third kappa shape index (κ3) is 4.56. The second kappa shape index (κ2) is 9.64. The van der Waals surface area contributed by atoms with E-state index in [-0.39, 0.29) is 23.7 Å². The summed E-state index contributed by atoms with van der Waals surface area (Å²) in [5, 5.41) is 4.25. The summed E-state index contributed by atoms with van der Waals surface area (Å²) in [6.45, 7) is 0.0712. The third-order valence-corrected chi connectivity index (χ3v) is 5.94. The predicted octanol–water partition coefficient (Wildman–Crippen LogP) is 5.88. The van der Waals surface area contributed by atoms with Crippen LogP contribution in [0, 0.1) is 5.82 Å². The lowest BCUT2D eigenvalue weighted by Gasteiger charge is -2.26. The second-order valence-electron chi connectivity index (χ2n) is 8.05. The maximum atomic E-state index is 13.6. The van der Waals surface area contributed by atoms with E-state index in [1.54, 1.807) is 30.3 Å². The number of fused-ring (bicyclic) bond motifs is 1. The Morgan fingerprint density at radius 1 is 0.917 bits per heavy atom. The summed E-state index contributed by atoms with van der Waals surface area (Å²) in [7, 11) is 0. The van der Waals surface area contributed by atoms with Crippen LogP contribution in [0.25, 0.3) is 16.8 Å². The van der Waals surface area contributed by atoms with Crippen LogP contribution >= 0.6 is 11.6 Å². The van der Waals surface area contributed by atoms with E-state index in [0.29, 0.717) is 21.9 Å². The molecule has 0 aliphatic carbocycles. The minimum Gasteiger partial charge on any atom is -0.488 e. The molecule has 4 aromatic carbocycles. The number of benzene rings is 4. The smallest absolute Gasteiger partial charge is 0.335 e. The van der Waals surface area contributed by atoms with Crippen LogP contribution in [0.2, 0.25) is 5.02 Å². The molecule has 8 heteroatoms. The van der Waals surface area contributed by atoms with Crippen molar-refractivity contribution in [2.75, 3.05) is 4.90 Å². The third-order valence-electron chi connectivity index (χ3n) is 5.69. The first kappa shape index (κ1) is 23.3. The van der Waals surface area contributed by atoms with Gasteiger partial charge in [0.25, 0.3) is 11.8 Å². The first-order valence-electron chi connectivity index (χ1n) is 11.0. The highest BCUT2D eigenvalue weighted by Crippen LogP contribution is 2.32. The van der Waals surface area contributed by atoms with Gasteiger partial charge in [0, 0.05) is 10.6 Å². The number of imide groups is 2. The largest absolute Gasteiger partial charge is 0.488 e. The van der Waals surface area contributed by atoms with Crippen LogP contribution in [0.4, 0.5) is 14.9 Å². The highest BCUT2D eigenvalue weighted by Gasteiger charge is 2.37. The Labute approximate surface area is 210 Å². The van der Waals surface area contributed by atoms with Gasteiger partial charge >= 0.3 is 6.03 Å². The fourth-order valence-corrected chi connectivity index (χ4v) is 4.09. The predicted molar refractivity (Wildman–Crippen MR) is 135 cm³/mol. The summed E-state index contributed by atoms with van der Waals surface area (Å²) in [6.07, 6.45) is 1.41. The first-order valence-corrected chi connectivity index (χ1v) is 11.3. The van der Waals surface area contributed by atoms with E-state index in [2.05, 4.69) is 5.32 Å². The van der Waals surface area contributed by atoms with E-state index in [4.69, 9.17) is 16.3 Å². The quantitative estimate of drug-likeness (QED) is 0.274. The van der Waals surface area contributed by atoms with E-state index < -0.39 is 17.8 Å². The average Bonchev–Trinajstić information content (AvgIpc) is 2.86. The number of halogens is 2. The number of carbonyl (C=O) groups is 3. The minimum atomic E-state index is -0.857. The Hall–Kier alpha value is -4.49. The zero-order valence-corrected chi connectivity index (χ0v) is 19.5. The number of hydrogen-bond acceptors (Lipinski definition) is 4. The lowest BCUT2D eigenvalue weighted by molar-refractivity contribution is -0.122. The number of anilines is 1. The Morgan fingerprint density at radius 2 is 1.69 bits per heavy atom. The van der Waals surface area contributed by atoms with Crippen LogP contribution in [0.15, 0.2) is 90.5 Å². The Bertz CT molecular complexity index is 1550. The lowest BCUT2D eigenvalue weighted by Crippen LogP contribution is -2.54. The van der Waals surface area contributed by atoms with Gasteiger partial charge in [0.15, 0.2) is 0 Å². The minimum absolute atomic E-state index is 0.0712. The van der Waals surface area contributed by atoms with Gasteiger partial charge in [0.05, 0.1) is 5.69 Å². The molecule has 0 atom stereocenters. The number of amides is 4. The molecule has 5 rings (SSSR count). The van der Waals surface area contributed by atoms with E-state index in [9.17, 15) is 18.8 Å². The van der Waals surface area contributed by atoms with E-state index in [1.807, 2.05) is 30.3 Å². The molecule has 0 radical (unpaired) electrons. The zero-order chi connectivity index (χ0) is 25.2. The highest BCUT2D eigenvalue weighted by molar-refractivity contribution is 6.39. The first-order chi connectivity index (χ1) is 17.4. The van der Waals surface area contributed by atoms with Crippen molar-refractivity contribution in [2.45, 2.75) is 6.61 Å². The summed E-state index contributed by atoms with van der Waals surface area (Å²) in [5.74, 6) is -1.59. The lowest BCUT2D eigenvalue weighted by atomic mass is 9.99. The van der Waals surface area contributed by atoms with Crippen LogP contribution in [0.1, 0.15) is 11.1 Å². The maximum Gasteiger partial charge on any atom is 0.335 e. The van der Waals surface area contributed by atoms with Crippen LogP contribution in [0.5, 0.6) is 5.75 Å². The molecule has 1 aliphatic heterocycles. The van der Waals surface area contributed by atoms with Crippen LogP contribution in [-0.2, 0) is 16.2 Å². The molecule has 36 heavy (non-hydrogen) atoms. The molecule has 0 bridgehead atoms. The molecule has 1 N–H and O–H groups in total. The molecule has 0 unspecified atom stereocenters. The van der Waals surface area contributed by atoms with Crippen LogP contribution < -0.4 is 15.0 Å². The number of urea groups is 1. The van der Waals surface area contributed by atoms with Crippen molar-refractivity contribution >= 4 is 52.0 Å². The fraction of sp³-hybridized carbons (Fsp3) is 0.0357. The number of hydrogen-bond donors (Lipinski definition) is 1. The van der Waals surface area contributed by atoms with Gasteiger partial charge in [-0.2, -0.15) is 0 Å². The SMILES string of the molecule is O=C1NC(=O)N(c2ccc(Cl)cc2)C(=O)/C1=C/c1c(OCc2cccc(F)c2)ccc2ccccc12. The number of nitrogens with one attached hydrogen (secondary N) is 1. The van der Waals surface area contributed by atoms with Crippen molar-refractivity contribution in [2.24, 2.45) is 0 Å². The standard InChI is InChI=1S/C28H18ClFN2O4/c29-19-9-11-21(12-10-19)32-27(34)24(26(33)31-28(32)35)15-23-22-7-2-1-5-18(22)8-13-25(23)36-16-17-4-3-6-20(30)14-17/h1-15H,16H2,(H,31,33,35)/b24-15+. The average molecular weight is 501 g/mol. The molecule has 1 aliphatic rings. The van der Waals surface area contributed by atoms with Gasteiger partial charge in [0.1, 0.15) is 23.7 Å². The summed E-state index contributed by atoms with van der Waals surface area (Å²) < 4.78 is 19.6. The summed E-state index contributed by atoms with van der Waals surface area (Å²) in [5.41, 5.74) is 1.12. The molecule has 4 amide bonds. The molecular formula is C28H18ClFN2O4. The van der Waals surface area contributed by atoms with E-state index >= 15 is 0 Å². The highest BCUT2D eigenvalue weighted by atomic mass is 35.5. The Morgan fingerprint density at radius 3 is 2.47 bits per heavy atom. The number of ether oxygens (including phenoxy) is 1. The molecule has 178 valence electrons. The van der Waals surface area contributed by atoms with Crippen molar-refractivity contribution in [3.8, 4) is 5.75 Å². The van der Waals surface area contributed by atoms with Crippen LogP contribution in [0.3, 0.4) is 0 Å². The van der Waals surface area contributed by atoms with Crippen molar-refractivity contribution in [3.05, 3.63) is 112 Å². The molecule has 1 fully saturated rings. The molecule has 4 aromatic rings. The van der Waals surface area contributed by atoms with Gasteiger partial charge in [0.2, 0.25) is 0 Å². The monoisotopic (exact) mass is 500 g/mol. The Kier molecular flexibility index (Phi) is 6.23. The molecule has 0 aromatic heterocycles. The van der Waals surface area contributed by atoms with Crippen molar-refractivity contribution < 1.29 is 23.5 Å². The molecule has 6 nitrogen and oxygen atoms in total. The fourth-order valence-electron chi connectivity index (χ4n) is 3.96. The molecule has 0 saturated carbocycles. The van der Waals surface area contributed by atoms with Crippen molar-refractivity contribution in [1.29, 1.82) is 0 Å². The molecule has 0 spiro atoms.